The van der Waals surface area contributed by atoms with Crippen molar-refractivity contribution in [3.8, 4) is 11.5 Å². The second kappa shape index (κ2) is 27.1. The largest absolute Gasteiger partial charge is 0.493 e. The number of esters is 1. The Kier molecular flexibility index (Phi) is 24.1. The molecule has 0 aliphatic carbocycles. The maximum Gasteiger partial charge on any atom is 0.341 e. The van der Waals surface area contributed by atoms with E-state index in [9.17, 15) is 35.3 Å². The van der Waals surface area contributed by atoms with Gasteiger partial charge in [-0.05, 0) is 136 Å². The highest BCUT2D eigenvalue weighted by molar-refractivity contribution is 5.80. The smallest absolute Gasteiger partial charge is 0.341 e. The quantitative estimate of drug-likeness (QED) is 0.0286. The molecule has 7 atom stereocenters. The lowest BCUT2D eigenvalue weighted by Gasteiger charge is -2.42. The summed E-state index contributed by atoms with van der Waals surface area (Å²) in [5.41, 5.74) is -1.69. The Bertz CT molecular complexity index is 1820. The first-order valence-electron chi connectivity index (χ1n) is 23.6. The molecule has 0 saturated carbocycles. The fraction of sp³-hybridized carbons (Fsp3) is 0.725. The van der Waals surface area contributed by atoms with E-state index in [4.69, 9.17) is 38.0 Å². The van der Waals surface area contributed by atoms with Crippen LogP contribution in [-0.2, 0) is 51.2 Å². The molecule has 0 fully saturated rings. The van der Waals surface area contributed by atoms with Crippen LogP contribution in [0.1, 0.15) is 113 Å². The summed E-state index contributed by atoms with van der Waals surface area (Å²) >= 11 is 0. The molecule has 17 heteroatoms. The van der Waals surface area contributed by atoms with E-state index in [1.165, 1.54) is 14.2 Å². The molecule has 0 saturated heterocycles. The number of carbonyl (C=O) groups is 2. The van der Waals surface area contributed by atoms with E-state index in [1.807, 2.05) is 98.7 Å². The number of rotatable bonds is 32. The zero-order chi connectivity index (χ0) is 51.8. The summed E-state index contributed by atoms with van der Waals surface area (Å²) < 4.78 is 41.4. The van der Waals surface area contributed by atoms with E-state index in [1.54, 1.807) is 45.9 Å². The molecular formula is C51H86N2O15. The molecule has 5 unspecified atom stereocenters. The monoisotopic (exact) mass is 967 g/mol. The average Bonchev–Trinajstić information content (AvgIpc) is 3.25. The van der Waals surface area contributed by atoms with Crippen LogP contribution in [-0.4, -0.2) is 151 Å². The van der Waals surface area contributed by atoms with Gasteiger partial charge in [-0.2, -0.15) is 0 Å². The normalized spacial score (nSPS) is 15.9. The molecule has 17 nitrogen and oxygen atoms in total. The fourth-order valence-electron chi connectivity index (χ4n) is 7.69. The number of methoxy groups -OCH3 is 2. The molecule has 2 rings (SSSR count). The molecule has 2 aromatic carbocycles. The summed E-state index contributed by atoms with van der Waals surface area (Å²) in [7, 11) is 6.84. The van der Waals surface area contributed by atoms with Crippen molar-refractivity contribution in [1.82, 2.24) is 5.32 Å². The van der Waals surface area contributed by atoms with Gasteiger partial charge in [-0.3, -0.25) is 10.1 Å². The minimum absolute atomic E-state index is 0.0240. The predicted octanol–water partition coefficient (Wildman–Crippen LogP) is 5.87. The van der Waals surface area contributed by atoms with E-state index >= 15 is 0 Å². The van der Waals surface area contributed by atoms with Crippen LogP contribution < -0.4 is 19.7 Å². The summed E-state index contributed by atoms with van der Waals surface area (Å²) in [5.74, 6) is -1.94. The zero-order valence-electron chi connectivity index (χ0n) is 43.7. The number of amides is 1. The SMILES string of the molecule is COc1ccc(CCNC(=O)C(C(O)C(O)[C@@H](CO)OC(C)(C)C(C)C)C(C)(C)OCCC(C)(C)O[C@@H](C(O)CCC(C)(C)OC(C)C)C(OO)C(=O)OCc2cccc(N(C)C)c2)cc1OC. The third kappa shape index (κ3) is 18.9. The number of aliphatic hydroxyl groups is 4. The molecule has 0 bridgehead atoms. The minimum Gasteiger partial charge on any atom is -0.493 e. The van der Waals surface area contributed by atoms with Crippen LogP contribution in [0.3, 0.4) is 0 Å². The Labute approximate surface area is 405 Å². The van der Waals surface area contributed by atoms with Crippen LogP contribution in [0.5, 0.6) is 11.5 Å². The van der Waals surface area contributed by atoms with Crippen molar-refractivity contribution in [2.45, 2.75) is 181 Å². The average molecular weight is 967 g/mol. The number of benzene rings is 2. The molecule has 68 heavy (non-hydrogen) atoms. The van der Waals surface area contributed by atoms with Gasteiger partial charge in [0.1, 0.15) is 24.9 Å². The maximum absolute atomic E-state index is 14.2. The molecule has 0 radical (unpaired) electrons. The Morgan fingerprint density at radius 2 is 1.40 bits per heavy atom. The fourth-order valence-corrected chi connectivity index (χ4v) is 7.69. The van der Waals surface area contributed by atoms with Gasteiger partial charge in [0.25, 0.3) is 0 Å². The van der Waals surface area contributed by atoms with Crippen LogP contribution in [0.4, 0.5) is 5.69 Å². The molecule has 6 N–H and O–H groups in total. The van der Waals surface area contributed by atoms with Gasteiger partial charge in [-0.25, -0.2) is 9.68 Å². The lowest BCUT2D eigenvalue weighted by atomic mass is 9.81. The van der Waals surface area contributed by atoms with Crippen LogP contribution in [0, 0.1) is 11.8 Å². The van der Waals surface area contributed by atoms with Crippen molar-refractivity contribution >= 4 is 17.6 Å². The third-order valence-corrected chi connectivity index (χ3v) is 12.4. The Morgan fingerprint density at radius 3 is 1.96 bits per heavy atom. The van der Waals surface area contributed by atoms with Crippen LogP contribution >= 0.6 is 0 Å². The third-order valence-electron chi connectivity index (χ3n) is 12.4. The highest BCUT2D eigenvalue weighted by Crippen LogP contribution is 2.33. The van der Waals surface area contributed by atoms with Gasteiger partial charge in [0.15, 0.2) is 11.5 Å². The second-order valence-electron chi connectivity index (χ2n) is 20.6. The van der Waals surface area contributed by atoms with Crippen molar-refractivity contribution in [1.29, 1.82) is 0 Å². The van der Waals surface area contributed by atoms with Gasteiger partial charge >= 0.3 is 5.97 Å². The van der Waals surface area contributed by atoms with E-state index in [0.29, 0.717) is 29.9 Å². The Morgan fingerprint density at radius 1 is 0.765 bits per heavy atom. The zero-order valence-corrected chi connectivity index (χ0v) is 43.7. The van der Waals surface area contributed by atoms with Crippen LogP contribution in [0.2, 0.25) is 0 Å². The number of hydrogen-bond acceptors (Lipinski definition) is 16. The van der Waals surface area contributed by atoms with E-state index in [-0.39, 0.29) is 44.6 Å². The molecule has 0 aliphatic heterocycles. The first-order chi connectivity index (χ1) is 31.5. The molecule has 0 aromatic heterocycles. The Hall–Kier alpha value is -3.62. The summed E-state index contributed by atoms with van der Waals surface area (Å²) in [4.78, 5) is 34.5. The molecule has 390 valence electrons. The van der Waals surface area contributed by atoms with Gasteiger partial charge in [0.05, 0.1) is 74.1 Å². The topological polar surface area (TPSA) is 224 Å². The molecule has 0 aliphatic rings. The van der Waals surface area contributed by atoms with Crippen molar-refractivity contribution in [2.24, 2.45) is 11.8 Å². The van der Waals surface area contributed by atoms with Gasteiger partial charge in [0.2, 0.25) is 12.0 Å². The summed E-state index contributed by atoms with van der Waals surface area (Å²) in [6, 6.07) is 12.8. The number of carbonyl (C=O) groups excluding carboxylic acids is 2. The molecule has 0 heterocycles. The number of ether oxygens (including phenoxy) is 7. The minimum atomic E-state index is -1.78. The van der Waals surface area contributed by atoms with E-state index < -0.39 is 83.4 Å². The lowest BCUT2D eigenvalue weighted by Crippen LogP contribution is -2.58. The summed E-state index contributed by atoms with van der Waals surface area (Å²) in [6.45, 7) is 21.0. The van der Waals surface area contributed by atoms with Crippen molar-refractivity contribution in [3.63, 3.8) is 0 Å². The van der Waals surface area contributed by atoms with E-state index in [2.05, 4.69) is 5.32 Å². The second-order valence-corrected chi connectivity index (χ2v) is 20.6. The lowest BCUT2D eigenvalue weighted by molar-refractivity contribution is -0.313. The number of anilines is 1. The van der Waals surface area contributed by atoms with Gasteiger partial charge < -0.3 is 63.8 Å². The highest BCUT2D eigenvalue weighted by Gasteiger charge is 2.48. The first kappa shape index (κ1) is 60.5. The number of hydrogen-bond donors (Lipinski definition) is 6. The van der Waals surface area contributed by atoms with Gasteiger partial charge in [-0.15, -0.1) is 0 Å². The number of aliphatic hydroxyl groups excluding tert-OH is 4. The van der Waals surface area contributed by atoms with Crippen molar-refractivity contribution in [2.75, 3.05) is 53.0 Å². The summed E-state index contributed by atoms with van der Waals surface area (Å²) in [6.07, 6.45) is -8.45. The van der Waals surface area contributed by atoms with Crippen LogP contribution in [0.25, 0.3) is 0 Å². The molecule has 1 amide bonds. The van der Waals surface area contributed by atoms with Gasteiger partial charge in [-0.1, -0.05) is 32.0 Å². The first-order valence-corrected chi connectivity index (χ1v) is 23.6. The van der Waals surface area contributed by atoms with Crippen molar-refractivity contribution < 1.29 is 73.3 Å². The Balaban J connectivity index is 2.41. The van der Waals surface area contributed by atoms with E-state index in [0.717, 1.165) is 11.3 Å². The molecule has 2 aromatic rings. The standard InChI is InChI=1S/C51H86N2O15/c1-32(2)50(9,10)66-40(30-54)42(56)43(57)41(46(58)52-26-23-34-20-21-38(61-15)39(29-34)62-16)51(11,12)64-27-25-49(7,8)67-44(37(55)22-24-48(5,6)65-33(3)4)45(68-60)47(59)63-31-35-18-17-19-36(28-35)53(13)14/h17-21,28-29,32-33,37,40-45,54-57,60H,22-27,30-31H2,1-16H3,(H,52,58)/t37?,40-,41?,42?,43?,44+,45?/m1/s1. The summed E-state index contributed by atoms with van der Waals surface area (Å²) in [5, 5.41) is 58.7. The number of nitrogens with zero attached hydrogens (tertiary/aromatic N) is 1. The number of nitrogens with one attached hydrogen (secondary N) is 1. The van der Waals surface area contributed by atoms with Crippen LogP contribution in [0.15, 0.2) is 42.5 Å². The maximum atomic E-state index is 14.2. The molecule has 0 spiro atoms. The predicted molar refractivity (Wildman–Crippen MR) is 260 cm³/mol. The highest BCUT2D eigenvalue weighted by atomic mass is 17.1. The van der Waals surface area contributed by atoms with Crippen molar-refractivity contribution in [3.05, 3.63) is 53.6 Å². The molecular weight excluding hydrogens is 881 g/mol. The van der Waals surface area contributed by atoms with Gasteiger partial charge in [0, 0.05) is 26.3 Å².